The van der Waals surface area contributed by atoms with Crippen molar-refractivity contribution in [2.24, 2.45) is 0 Å². The van der Waals surface area contributed by atoms with Gasteiger partial charge in [0.15, 0.2) is 5.82 Å². The number of aromatic nitrogens is 4. The molecular formula is C17H19N5S2. The molecule has 7 heteroatoms. The van der Waals surface area contributed by atoms with Gasteiger partial charge in [0.1, 0.15) is 10.2 Å². The summed E-state index contributed by atoms with van der Waals surface area (Å²) < 4.78 is 1.13. The summed E-state index contributed by atoms with van der Waals surface area (Å²) in [4.78, 5) is 17.6. The van der Waals surface area contributed by atoms with Gasteiger partial charge in [-0.2, -0.15) is 0 Å². The van der Waals surface area contributed by atoms with Crippen molar-refractivity contribution < 1.29 is 0 Å². The monoisotopic (exact) mass is 357 g/mol. The van der Waals surface area contributed by atoms with Crippen molar-refractivity contribution >= 4 is 28.9 Å². The Labute approximate surface area is 150 Å². The van der Waals surface area contributed by atoms with Crippen molar-refractivity contribution in [2.45, 2.75) is 24.6 Å². The van der Waals surface area contributed by atoms with Crippen molar-refractivity contribution in [1.29, 1.82) is 0 Å². The van der Waals surface area contributed by atoms with Crippen LogP contribution in [0.3, 0.4) is 0 Å². The van der Waals surface area contributed by atoms with E-state index in [1.807, 2.05) is 30.6 Å². The number of aryl methyl sites for hydroxylation is 1. The summed E-state index contributed by atoms with van der Waals surface area (Å²) in [5.41, 5.74) is 3.08. The highest BCUT2D eigenvalue weighted by atomic mass is 32.2. The van der Waals surface area contributed by atoms with Crippen LogP contribution in [0.1, 0.15) is 17.7 Å². The lowest BCUT2D eigenvalue weighted by Gasteiger charge is -2.12. The van der Waals surface area contributed by atoms with E-state index in [1.165, 1.54) is 0 Å². The van der Waals surface area contributed by atoms with Crippen LogP contribution in [-0.2, 0) is 0 Å². The summed E-state index contributed by atoms with van der Waals surface area (Å²) in [7, 11) is 0. The quantitative estimate of drug-likeness (QED) is 0.505. The molecule has 3 heterocycles. The maximum absolute atomic E-state index is 4.68. The molecule has 24 heavy (non-hydrogen) atoms. The van der Waals surface area contributed by atoms with Gasteiger partial charge in [-0.15, -0.1) is 11.3 Å². The van der Waals surface area contributed by atoms with E-state index in [9.17, 15) is 0 Å². The first-order valence-electron chi connectivity index (χ1n) is 7.76. The number of anilines is 1. The second kappa shape index (κ2) is 8.21. The Kier molecular flexibility index (Phi) is 5.77. The lowest BCUT2D eigenvalue weighted by atomic mass is 10.2. The van der Waals surface area contributed by atoms with E-state index in [4.69, 9.17) is 0 Å². The lowest BCUT2D eigenvalue weighted by Crippen LogP contribution is -2.09. The molecule has 0 radical (unpaired) electrons. The van der Waals surface area contributed by atoms with E-state index < -0.39 is 0 Å². The van der Waals surface area contributed by atoms with Crippen LogP contribution in [0.2, 0.25) is 0 Å². The normalized spacial score (nSPS) is 10.8. The van der Waals surface area contributed by atoms with Crippen molar-refractivity contribution in [3.63, 3.8) is 0 Å². The molecule has 0 amide bonds. The molecule has 0 saturated heterocycles. The van der Waals surface area contributed by atoms with E-state index >= 15 is 0 Å². The van der Waals surface area contributed by atoms with Gasteiger partial charge >= 0.3 is 0 Å². The molecule has 1 N–H and O–H groups in total. The molecular weight excluding hydrogens is 338 g/mol. The van der Waals surface area contributed by atoms with E-state index in [-0.39, 0.29) is 0 Å². The third-order valence-electron chi connectivity index (χ3n) is 3.58. The Morgan fingerprint density at radius 1 is 1.12 bits per heavy atom. The third kappa shape index (κ3) is 4.30. The molecule has 0 atom stereocenters. The average molecular weight is 358 g/mol. The van der Waals surface area contributed by atoms with E-state index in [1.54, 1.807) is 35.5 Å². The minimum absolute atomic E-state index is 0.736. The lowest BCUT2D eigenvalue weighted by molar-refractivity contribution is 0.963. The Balaban J connectivity index is 1.61. The number of nitrogens with zero attached hydrogens (tertiary/aromatic N) is 4. The van der Waals surface area contributed by atoms with Crippen molar-refractivity contribution in [2.75, 3.05) is 17.6 Å². The summed E-state index contributed by atoms with van der Waals surface area (Å²) in [6.07, 6.45) is 6.42. The second-order valence-corrected chi connectivity index (χ2v) is 7.51. The van der Waals surface area contributed by atoms with Crippen LogP contribution < -0.4 is 5.32 Å². The van der Waals surface area contributed by atoms with E-state index in [0.29, 0.717) is 0 Å². The maximum Gasteiger partial charge on any atom is 0.161 e. The summed E-state index contributed by atoms with van der Waals surface area (Å²) in [6.45, 7) is 4.95. The molecule has 0 saturated carbocycles. The van der Waals surface area contributed by atoms with Crippen molar-refractivity contribution in [3.05, 3.63) is 47.4 Å². The van der Waals surface area contributed by atoms with E-state index in [2.05, 4.69) is 32.2 Å². The third-order valence-corrected chi connectivity index (χ3v) is 5.63. The van der Waals surface area contributed by atoms with Gasteiger partial charge in [-0.05, 0) is 32.4 Å². The predicted molar refractivity (Wildman–Crippen MR) is 101 cm³/mol. The van der Waals surface area contributed by atoms with Gasteiger partial charge in [0.25, 0.3) is 0 Å². The first-order chi connectivity index (χ1) is 11.7. The molecule has 0 bridgehead atoms. The highest BCUT2D eigenvalue weighted by Crippen LogP contribution is 2.22. The average Bonchev–Trinajstić information content (AvgIpc) is 3.12. The topological polar surface area (TPSA) is 63.6 Å². The number of rotatable bonds is 7. The fourth-order valence-electron chi connectivity index (χ4n) is 2.15. The minimum Gasteiger partial charge on any atom is -0.370 e. The van der Waals surface area contributed by atoms with E-state index in [0.717, 1.165) is 51.5 Å². The molecule has 0 aliphatic carbocycles. The second-order valence-electron chi connectivity index (χ2n) is 5.27. The number of hydrogen-bond acceptors (Lipinski definition) is 7. The molecule has 0 aliphatic heterocycles. The number of thioether (sulfide) groups is 1. The number of thiazole rings is 1. The Morgan fingerprint density at radius 3 is 2.71 bits per heavy atom. The fourth-order valence-corrected chi connectivity index (χ4v) is 3.80. The predicted octanol–water partition coefficient (Wildman–Crippen LogP) is 4.21. The van der Waals surface area contributed by atoms with Crippen molar-refractivity contribution in [1.82, 2.24) is 19.9 Å². The van der Waals surface area contributed by atoms with Gasteiger partial charge in [-0.25, -0.2) is 15.0 Å². The summed E-state index contributed by atoms with van der Waals surface area (Å²) in [5, 5.41) is 5.46. The summed E-state index contributed by atoms with van der Waals surface area (Å²) >= 11 is 3.48. The fraction of sp³-hybridized carbons (Fsp3) is 0.294. The standard InChI is InChI=1S/C17H19N5S2/c1-12-13(2)21-16(14-4-7-18-8-5-14)22-15(12)19-6-3-10-23-17-20-9-11-24-17/h4-5,7-9,11H,3,6,10H2,1-2H3,(H,19,21,22). The Morgan fingerprint density at radius 2 is 1.96 bits per heavy atom. The van der Waals surface area contributed by atoms with Crippen LogP contribution in [0.5, 0.6) is 0 Å². The molecule has 5 nitrogen and oxygen atoms in total. The van der Waals surface area contributed by atoms with Gasteiger partial charge < -0.3 is 5.32 Å². The molecule has 3 rings (SSSR count). The van der Waals surface area contributed by atoms with Crippen LogP contribution in [-0.4, -0.2) is 32.2 Å². The first kappa shape index (κ1) is 16.9. The number of nitrogens with one attached hydrogen (secondary N) is 1. The largest absolute Gasteiger partial charge is 0.370 e. The maximum atomic E-state index is 4.68. The summed E-state index contributed by atoms with van der Waals surface area (Å²) in [6, 6.07) is 3.86. The molecule has 0 unspecified atom stereocenters. The molecule has 0 aliphatic rings. The Bertz CT molecular complexity index is 775. The molecule has 3 aromatic rings. The van der Waals surface area contributed by atoms with Crippen LogP contribution in [0.4, 0.5) is 5.82 Å². The first-order valence-corrected chi connectivity index (χ1v) is 9.62. The molecule has 0 fully saturated rings. The highest BCUT2D eigenvalue weighted by Gasteiger charge is 2.09. The zero-order valence-electron chi connectivity index (χ0n) is 13.7. The molecule has 0 spiro atoms. The molecule has 3 aromatic heterocycles. The van der Waals surface area contributed by atoms with Crippen LogP contribution in [0.15, 0.2) is 40.4 Å². The van der Waals surface area contributed by atoms with Crippen molar-refractivity contribution in [3.8, 4) is 11.4 Å². The van der Waals surface area contributed by atoms with Gasteiger partial charge in [0.2, 0.25) is 0 Å². The molecule has 0 aromatic carbocycles. The number of pyridine rings is 1. The van der Waals surface area contributed by atoms with Gasteiger partial charge in [-0.3, -0.25) is 4.98 Å². The SMILES string of the molecule is Cc1nc(-c2ccncc2)nc(NCCCSc2nccs2)c1C. The summed E-state index contributed by atoms with van der Waals surface area (Å²) in [5.74, 6) is 2.69. The van der Waals surface area contributed by atoms with Gasteiger partial charge in [-0.1, -0.05) is 11.8 Å². The minimum atomic E-state index is 0.736. The highest BCUT2D eigenvalue weighted by molar-refractivity contribution is 8.00. The molecule has 124 valence electrons. The van der Waals surface area contributed by atoms with Crippen LogP contribution in [0, 0.1) is 13.8 Å². The zero-order chi connectivity index (χ0) is 16.8. The van der Waals surface area contributed by atoms with Gasteiger partial charge in [0.05, 0.1) is 0 Å². The Hall–Kier alpha value is -1.99. The van der Waals surface area contributed by atoms with Crippen LogP contribution >= 0.6 is 23.1 Å². The van der Waals surface area contributed by atoms with Crippen LogP contribution in [0.25, 0.3) is 11.4 Å². The smallest absolute Gasteiger partial charge is 0.161 e. The zero-order valence-corrected chi connectivity index (χ0v) is 15.3. The van der Waals surface area contributed by atoms with Gasteiger partial charge in [0, 0.05) is 53.1 Å². The number of hydrogen-bond donors (Lipinski definition) is 1.